The first-order chi connectivity index (χ1) is 7.89. The summed E-state index contributed by atoms with van der Waals surface area (Å²) in [4.78, 5) is 7.43. The molecule has 0 bridgehead atoms. The van der Waals surface area contributed by atoms with Crippen molar-refractivity contribution in [3.05, 3.63) is 40.3 Å². The molecule has 0 aliphatic rings. The van der Waals surface area contributed by atoms with Crippen LogP contribution in [0.1, 0.15) is 31.9 Å². The number of nitrogens with zero attached hydrogens (tertiary/aromatic N) is 1. The molecule has 0 amide bonds. The monoisotopic (exact) mass is 292 g/mol. The predicted molar refractivity (Wildman–Crippen MR) is 75.2 cm³/mol. The molecule has 1 N–H and O–H groups in total. The van der Waals surface area contributed by atoms with Crippen LogP contribution in [0, 0.1) is 6.92 Å². The lowest BCUT2D eigenvalue weighted by atomic mass is 9.85. The van der Waals surface area contributed by atoms with E-state index in [-0.39, 0.29) is 5.41 Å². The Kier molecular flexibility index (Phi) is 3.13. The number of hydrogen-bond donors (Lipinski definition) is 1. The van der Waals surface area contributed by atoms with Crippen molar-refractivity contribution < 1.29 is 0 Å². The number of aryl methyl sites for hydroxylation is 1. The van der Waals surface area contributed by atoms with Gasteiger partial charge in [0.2, 0.25) is 0 Å². The van der Waals surface area contributed by atoms with Crippen molar-refractivity contribution in [1.29, 1.82) is 0 Å². The van der Waals surface area contributed by atoms with Crippen LogP contribution >= 0.6 is 15.9 Å². The van der Waals surface area contributed by atoms with Gasteiger partial charge in [-0.1, -0.05) is 32.9 Å². The molecular weight excluding hydrogens is 276 g/mol. The molecule has 2 nitrogen and oxygen atoms in total. The molecule has 2 rings (SSSR count). The Balaban J connectivity index is 2.58. The molecule has 0 radical (unpaired) electrons. The van der Waals surface area contributed by atoms with Crippen molar-refractivity contribution in [2.75, 3.05) is 0 Å². The van der Waals surface area contributed by atoms with Gasteiger partial charge in [0.05, 0.1) is 6.33 Å². The van der Waals surface area contributed by atoms with Gasteiger partial charge >= 0.3 is 0 Å². The molecule has 0 aliphatic carbocycles. The second-order valence-corrected chi connectivity index (χ2v) is 6.14. The average molecular weight is 293 g/mol. The van der Waals surface area contributed by atoms with Gasteiger partial charge in [-0.2, -0.15) is 0 Å². The zero-order valence-electron chi connectivity index (χ0n) is 10.6. The highest BCUT2D eigenvalue weighted by molar-refractivity contribution is 9.10. The summed E-state index contributed by atoms with van der Waals surface area (Å²) in [5.74, 6) is 0. The van der Waals surface area contributed by atoms with E-state index in [0.29, 0.717) is 0 Å². The number of H-pyrrole nitrogens is 1. The molecule has 0 aliphatic heterocycles. The quantitative estimate of drug-likeness (QED) is 0.827. The standard InChI is InChI=1S/C14H17BrN2/c1-9-5-6-10(14(2,3)4)7-11(9)12-13(15)17-8-16-12/h5-8H,1-4H3,(H,16,17). The highest BCUT2D eigenvalue weighted by Crippen LogP contribution is 2.32. The largest absolute Gasteiger partial charge is 0.339 e. The number of hydrogen-bond acceptors (Lipinski definition) is 1. The van der Waals surface area contributed by atoms with E-state index in [4.69, 9.17) is 0 Å². The predicted octanol–water partition coefficient (Wildman–Crippen LogP) is 4.45. The van der Waals surface area contributed by atoms with E-state index in [1.54, 1.807) is 6.33 Å². The van der Waals surface area contributed by atoms with E-state index in [1.165, 1.54) is 16.7 Å². The van der Waals surface area contributed by atoms with Crippen molar-refractivity contribution in [2.45, 2.75) is 33.1 Å². The molecule has 0 fully saturated rings. The van der Waals surface area contributed by atoms with Gasteiger partial charge < -0.3 is 4.98 Å². The Morgan fingerprint density at radius 3 is 2.47 bits per heavy atom. The first-order valence-corrected chi connectivity index (χ1v) is 6.49. The molecule has 0 spiro atoms. The van der Waals surface area contributed by atoms with E-state index in [2.05, 4.69) is 71.8 Å². The van der Waals surface area contributed by atoms with E-state index in [1.807, 2.05) is 0 Å². The van der Waals surface area contributed by atoms with Crippen LogP contribution in [0.5, 0.6) is 0 Å². The van der Waals surface area contributed by atoms with Gasteiger partial charge in [-0.05, 0) is 45.5 Å². The summed E-state index contributed by atoms with van der Waals surface area (Å²) in [6.45, 7) is 8.78. The number of halogens is 1. The van der Waals surface area contributed by atoms with Crippen molar-refractivity contribution in [2.24, 2.45) is 0 Å². The number of rotatable bonds is 1. The summed E-state index contributed by atoms with van der Waals surface area (Å²) in [5, 5.41) is 0. The Labute approximate surface area is 111 Å². The third-order valence-corrected chi connectivity index (χ3v) is 3.56. The van der Waals surface area contributed by atoms with E-state index in [9.17, 15) is 0 Å². The summed E-state index contributed by atoms with van der Waals surface area (Å²) in [6, 6.07) is 6.59. The van der Waals surface area contributed by atoms with E-state index >= 15 is 0 Å². The summed E-state index contributed by atoms with van der Waals surface area (Å²) < 4.78 is 0.937. The molecular formula is C14H17BrN2. The second kappa shape index (κ2) is 4.30. The summed E-state index contributed by atoms with van der Waals surface area (Å²) >= 11 is 3.49. The molecule has 1 heterocycles. The van der Waals surface area contributed by atoms with Crippen LogP contribution in [0.4, 0.5) is 0 Å². The first-order valence-electron chi connectivity index (χ1n) is 5.70. The lowest BCUT2D eigenvalue weighted by Crippen LogP contribution is -2.11. The van der Waals surface area contributed by atoms with Crippen LogP contribution in [0.25, 0.3) is 11.3 Å². The molecule has 1 aromatic heterocycles. The normalized spacial score (nSPS) is 11.8. The van der Waals surface area contributed by atoms with Gasteiger partial charge in [-0.25, -0.2) is 4.98 Å². The number of aromatic nitrogens is 2. The van der Waals surface area contributed by atoms with Gasteiger partial charge in [0.15, 0.2) is 0 Å². The minimum atomic E-state index is 0.158. The lowest BCUT2D eigenvalue weighted by molar-refractivity contribution is 0.590. The molecule has 17 heavy (non-hydrogen) atoms. The highest BCUT2D eigenvalue weighted by atomic mass is 79.9. The third kappa shape index (κ3) is 2.44. The zero-order chi connectivity index (χ0) is 12.6. The van der Waals surface area contributed by atoms with Gasteiger partial charge in [-0.15, -0.1) is 0 Å². The average Bonchev–Trinajstić information content (AvgIpc) is 2.63. The molecule has 1 aromatic carbocycles. The molecule has 0 saturated carbocycles. The van der Waals surface area contributed by atoms with Gasteiger partial charge in [0.1, 0.15) is 10.3 Å². The topological polar surface area (TPSA) is 28.7 Å². The molecule has 0 unspecified atom stereocenters. The van der Waals surface area contributed by atoms with Gasteiger partial charge in [0.25, 0.3) is 0 Å². The van der Waals surface area contributed by atoms with Crippen LogP contribution in [-0.4, -0.2) is 9.97 Å². The summed E-state index contributed by atoms with van der Waals surface area (Å²) in [6.07, 6.45) is 1.71. The van der Waals surface area contributed by atoms with Crippen molar-refractivity contribution >= 4 is 15.9 Å². The summed E-state index contributed by atoms with van der Waals surface area (Å²) in [5.41, 5.74) is 4.89. The Morgan fingerprint density at radius 2 is 1.94 bits per heavy atom. The minimum absolute atomic E-state index is 0.158. The molecule has 0 atom stereocenters. The van der Waals surface area contributed by atoms with Crippen LogP contribution in [0.3, 0.4) is 0 Å². The maximum atomic E-state index is 4.37. The third-order valence-electron chi connectivity index (χ3n) is 2.95. The smallest absolute Gasteiger partial charge is 0.110 e. The zero-order valence-corrected chi connectivity index (χ0v) is 12.2. The second-order valence-electron chi connectivity index (χ2n) is 5.34. The fourth-order valence-electron chi connectivity index (χ4n) is 1.81. The van der Waals surface area contributed by atoms with Gasteiger partial charge in [0, 0.05) is 5.56 Å². The van der Waals surface area contributed by atoms with Crippen LogP contribution < -0.4 is 0 Å². The van der Waals surface area contributed by atoms with E-state index < -0.39 is 0 Å². The maximum Gasteiger partial charge on any atom is 0.110 e. The Morgan fingerprint density at radius 1 is 1.24 bits per heavy atom. The van der Waals surface area contributed by atoms with Crippen molar-refractivity contribution in [3.63, 3.8) is 0 Å². The SMILES string of the molecule is Cc1ccc(C(C)(C)C)cc1-c1nc[nH]c1Br. The Hall–Kier alpha value is -1.09. The first kappa shape index (κ1) is 12.4. The van der Waals surface area contributed by atoms with Crippen LogP contribution in [0.2, 0.25) is 0 Å². The molecule has 90 valence electrons. The number of aromatic amines is 1. The van der Waals surface area contributed by atoms with E-state index in [0.717, 1.165) is 10.3 Å². The molecule has 0 saturated heterocycles. The molecule has 3 heteroatoms. The fourth-order valence-corrected chi connectivity index (χ4v) is 2.23. The maximum absolute atomic E-state index is 4.37. The number of imidazole rings is 1. The highest BCUT2D eigenvalue weighted by Gasteiger charge is 2.16. The van der Waals surface area contributed by atoms with Crippen molar-refractivity contribution in [1.82, 2.24) is 9.97 Å². The van der Waals surface area contributed by atoms with Crippen molar-refractivity contribution in [3.8, 4) is 11.3 Å². The number of benzene rings is 1. The lowest BCUT2D eigenvalue weighted by Gasteiger charge is -2.20. The van der Waals surface area contributed by atoms with Crippen LogP contribution in [-0.2, 0) is 5.41 Å². The Bertz CT molecular complexity index is 535. The molecule has 2 aromatic rings. The van der Waals surface area contributed by atoms with Gasteiger partial charge in [-0.3, -0.25) is 0 Å². The van der Waals surface area contributed by atoms with Crippen LogP contribution in [0.15, 0.2) is 29.1 Å². The summed E-state index contributed by atoms with van der Waals surface area (Å²) in [7, 11) is 0. The number of nitrogens with one attached hydrogen (secondary N) is 1. The fraction of sp³-hybridized carbons (Fsp3) is 0.357. The minimum Gasteiger partial charge on any atom is -0.339 e.